The van der Waals surface area contributed by atoms with Gasteiger partial charge in [-0.25, -0.2) is 9.59 Å². The molecule has 0 N–H and O–H groups in total. The molecule has 8 nitrogen and oxygen atoms in total. The molecule has 8 heteroatoms. The third-order valence-corrected chi connectivity index (χ3v) is 5.57. The summed E-state index contributed by atoms with van der Waals surface area (Å²) < 4.78 is 28.1. The van der Waals surface area contributed by atoms with E-state index in [9.17, 15) is 14.4 Å². The Labute approximate surface area is 165 Å². The van der Waals surface area contributed by atoms with Crippen LogP contribution in [0.2, 0.25) is 0 Å². The van der Waals surface area contributed by atoms with Gasteiger partial charge in [-0.15, -0.1) is 0 Å². The largest absolute Gasteiger partial charge is 0.467 e. The SMILES string of the molecule is COC(=O)C1OC23Oc4ccccc4C2(OC1C(=O)OC)C(=O)c1ccccc13. The molecule has 2 aromatic rings. The number of Topliss-reactive ketones (excluding diaryl/α,β-unsaturated/α-hetero) is 1. The van der Waals surface area contributed by atoms with Crippen molar-refractivity contribution < 1.29 is 38.1 Å². The molecule has 3 aliphatic rings. The van der Waals surface area contributed by atoms with Crippen LogP contribution in [0.5, 0.6) is 5.75 Å². The number of rotatable bonds is 2. The van der Waals surface area contributed by atoms with Crippen molar-refractivity contribution in [1.82, 2.24) is 0 Å². The van der Waals surface area contributed by atoms with Crippen molar-refractivity contribution in [1.29, 1.82) is 0 Å². The number of hydrogen-bond acceptors (Lipinski definition) is 8. The van der Waals surface area contributed by atoms with Crippen molar-refractivity contribution in [2.45, 2.75) is 23.6 Å². The van der Waals surface area contributed by atoms with Crippen LogP contribution in [0.3, 0.4) is 0 Å². The number of ketones is 1. The smallest absolute Gasteiger partial charge is 0.338 e. The van der Waals surface area contributed by atoms with E-state index < -0.39 is 41.3 Å². The molecule has 2 aromatic carbocycles. The van der Waals surface area contributed by atoms with Crippen molar-refractivity contribution in [3.63, 3.8) is 0 Å². The van der Waals surface area contributed by atoms with E-state index in [4.69, 9.17) is 23.7 Å². The van der Waals surface area contributed by atoms with Crippen molar-refractivity contribution in [3.05, 3.63) is 65.2 Å². The first-order valence-electron chi connectivity index (χ1n) is 8.94. The first-order valence-corrected chi connectivity index (χ1v) is 8.94. The van der Waals surface area contributed by atoms with Gasteiger partial charge in [-0.3, -0.25) is 4.79 Å². The van der Waals surface area contributed by atoms with Gasteiger partial charge in [-0.1, -0.05) is 42.5 Å². The monoisotopic (exact) mass is 396 g/mol. The van der Waals surface area contributed by atoms with Gasteiger partial charge < -0.3 is 23.7 Å². The van der Waals surface area contributed by atoms with Crippen molar-refractivity contribution in [2.75, 3.05) is 14.2 Å². The van der Waals surface area contributed by atoms with Crippen LogP contribution in [-0.2, 0) is 39.9 Å². The summed E-state index contributed by atoms with van der Waals surface area (Å²) in [5, 5.41) is 0. The Morgan fingerprint density at radius 1 is 0.862 bits per heavy atom. The molecule has 0 saturated carbocycles. The van der Waals surface area contributed by atoms with Crippen molar-refractivity contribution >= 4 is 17.7 Å². The molecule has 0 radical (unpaired) electrons. The molecular formula is C21H16O8. The fourth-order valence-corrected chi connectivity index (χ4v) is 4.36. The van der Waals surface area contributed by atoms with Crippen LogP contribution >= 0.6 is 0 Å². The molecule has 4 atom stereocenters. The van der Waals surface area contributed by atoms with Crippen LogP contribution in [0.25, 0.3) is 0 Å². The van der Waals surface area contributed by atoms with E-state index in [1.807, 2.05) is 0 Å². The zero-order valence-electron chi connectivity index (χ0n) is 15.5. The number of para-hydroxylation sites is 1. The van der Waals surface area contributed by atoms with Crippen molar-refractivity contribution in [3.8, 4) is 5.75 Å². The van der Waals surface area contributed by atoms with Crippen LogP contribution in [0.1, 0.15) is 21.5 Å². The lowest BCUT2D eigenvalue weighted by atomic mass is 9.84. The molecule has 5 rings (SSSR count). The van der Waals surface area contributed by atoms with E-state index >= 15 is 0 Å². The van der Waals surface area contributed by atoms with E-state index in [-0.39, 0.29) is 0 Å². The van der Waals surface area contributed by atoms with E-state index in [1.165, 1.54) is 0 Å². The minimum absolute atomic E-state index is 0.330. The number of carbonyl (C=O) groups is 3. The molecule has 148 valence electrons. The second-order valence-corrected chi connectivity index (χ2v) is 6.89. The highest BCUT2D eigenvalue weighted by molar-refractivity contribution is 6.10. The van der Waals surface area contributed by atoms with Crippen LogP contribution in [0.4, 0.5) is 0 Å². The molecule has 1 fully saturated rings. The van der Waals surface area contributed by atoms with Gasteiger partial charge in [0.25, 0.3) is 5.79 Å². The van der Waals surface area contributed by atoms with E-state index in [0.717, 1.165) is 14.2 Å². The standard InChI is InChI=1S/C21H16O8/c1-25-18(23)15-16(19(24)26-2)29-21-12-8-4-3-7-11(12)17(22)20(21,28-15)13-9-5-6-10-14(13)27-21/h3-10,15-16H,1-2H3. The number of benzene rings is 2. The summed E-state index contributed by atoms with van der Waals surface area (Å²) in [5.74, 6) is -3.54. The van der Waals surface area contributed by atoms with E-state index in [0.29, 0.717) is 22.4 Å². The summed E-state index contributed by atoms with van der Waals surface area (Å²) in [6.45, 7) is 0. The lowest BCUT2D eigenvalue weighted by Gasteiger charge is -2.46. The fourth-order valence-electron chi connectivity index (χ4n) is 4.36. The minimum atomic E-state index is -1.79. The quantitative estimate of drug-likeness (QED) is 0.704. The lowest BCUT2D eigenvalue weighted by Crippen LogP contribution is -2.65. The summed E-state index contributed by atoms with van der Waals surface area (Å²) in [6.07, 6.45) is -3.01. The number of esters is 2. The Morgan fingerprint density at radius 2 is 1.45 bits per heavy atom. The molecule has 4 unspecified atom stereocenters. The zero-order valence-corrected chi connectivity index (χ0v) is 15.5. The van der Waals surface area contributed by atoms with Gasteiger partial charge in [0, 0.05) is 16.7 Å². The highest BCUT2D eigenvalue weighted by Gasteiger charge is 2.78. The Kier molecular flexibility index (Phi) is 3.62. The van der Waals surface area contributed by atoms with Gasteiger partial charge >= 0.3 is 11.9 Å². The highest BCUT2D eigenvalue weighted by Crippen LogP contribution is 2.64. The molecule has 29 heavy (non-hydrogen) atoms. The second-order valence-electron chi connectivity index (χ2n) is 6.89. The summed E-state index contributed by atoms with van der Waals surface area (Å²) in [7, 11) is 2.32. The molecular weight excluding hydrogens is 380 g/mol. The summed E-state index contributed by atoms with van der Waals surface area (Å²) in [5.41, 5.74) is -0.635. The van der Waals surface area contributed by atoms with E-state index in [2.05, 4.69) is 0 Å². The van der Waals surface area contributed by atoms with Crippen molar-refractivity contribution in [2.24, 2.45) is 0 Å². The first kappa shape index (κ1) is 17.8. The Bertz CT molecular complexity index is 1060. The number of hydrogen-bond donors (Lipinski definition) is 0. The normalized spacial score (nSPS) is 31.0. The van der Waals surface area contributed by atoms with E-state index in [1.54, 1.807) is 48.5 Å². The van der Waals surface area contributed by atoms with Gasteiger partial charge in [0.05, 0.1) is 14.2 Å². The molecule has 1 saturated heterocycles. The summed E-state index contributed by atoms with van der Waals surface area (Å²) in [6, 6.07) is 13.6. The Morgan fingerprint density at radius 3 is 2.14 bits per heavy atom. The Balaban J connectivity index is 1.79. The number of carbonyl (C=O) groups excluding carboxylic acids is 3. The van der Waals surface area contributed by atoms with Gasteiger partial charge in [-0.05, 0) is 6.07 Å². The highest BCUT2D eigenvalue weighted by atomic mass is 16.8. The second kappa shape index (κ2) is 5.88. The molecule has 0 bridgehead atoms. The first-order chi connectivity index (χ1) is 14.0. The molecule has 2 heterocycles. The molecule has 0 amide bonds. The van der Waals surface area contributed by atoms with Crippen LogP contribution < -0.4 is 4.74 Å². The van der Waals surface area contributed by atoms with Crippen LogP contribution in [0.15, 0.2) is 48.5 Å². The minimum Gasteiger partial charge on any atom is -0.467 e. The number of ether oxygens (including phenoxy) is 5. The fraction of sp³-hybridized carbons (Fsp3) is 0.286. The van der Waals surface area contributed by atoms with Crippen LogP contribution in [0, 0.1) is 0 Å². The van der Waals surface area contributed by atoms with Crippen LogP contribution in [-0.4, -0.2) is 44.1 Å². The average molecular weight is 396 g/mol. The maximum absolute atomic E-state index is 13.6. The van der Waals surface area contributed by atoms with Gasteiger partial charge in [-0.2, -0.15) is 0 Å². The predicted molar refractivity (Wildman–Crippen MR) is 95.0 cm³/mol. The summed E-state index contributed by atoms with van der Waals surface area (Å²) >= 11 is 0. The maximum Gasteiger partial charge on any atom is 0.338 e. The maximum atomic E-state index is 13.6. The van der Waals surface area contributed by atoms with Gasteiger partial charge in [0.1, 0.15) is 5.75 Å². The summed E-state index contributed by atoms with van der Waals surface area (Å²) in [4.78, 5) is 38.6. The average Bonchev–Trinajstić information content (AvgIpc) is 3.18. The molecule has 2 aliphatic heterocycles. The Hall–Kier alpha value is -3.23. The van der Waals surface area contributed by atoms with Gasteiger partial charge in [0.2, 0.25) is 11.4 Å². The molecule has 1 aliphatic carbocycles. The topological polar surface area (TPSA) is 97.4 Å². The third kappa shape index (κ3) is 1.97. The predicted octanol–water partition coefficient (Wildman–Crippen LogP) is 1.45. The molecule has 0 aromatic heterocycles. The zero-order chi connectivity index (χ0) is 20.4. The lowest BCUT2D eigenvalue weighted by molar-refractivity contribution is -0.350. The third-order valence-electron chi connectivity index (χ3n) is 5.57. The van der Waals surface area contributed by atoms with Gasteiger partial charge in [0.15, 0.2) is 12.2 Å². The molecule has 0 spiro atoms. The number of fused-ring (bicyclic) bond motifs is 2. The number of methoxy groups -OCH3 is 2.